The summed E-state index contributed by atoms with van der Waals surface area (Å²) in [4.78, 5) is 5.46. The van der Waals surface area contributed by atoms with Crippen LogP contribution >= 0.6 is 11.8 Å². The number of aliphatic imine (C=N–C) groups is 1. The quantitative estimate of drug-likeness (QED) is 0.424. The van der Waals surface area contributed by atoms with Gasteiger partial charge in [0.15, 0.2) is 5.96 Å². The van der Waals surface area contributed by atoms with Crippen molar-refractivity contribution in [2.45, 2.75) is 43.2 Å². The molecule has 1 aliphatic carbocycles. The van der Waals surface area contributed by atoms with Gasteiger partial charge in [-0.25, -0.2) is 0 Å². The zero-order chi connectivity index (χ0) is 16.6. The molecule has 130 valence electrons. The van der Waals surface area contributed by atoms with E-state index in [2.05, 4.69) is 21.9 Å². The Balaban J connectivity index is 2.17. The summed E-state index contributed by atoms with van der Waals surface area (Å²) in [6.45, 7) is 0.153. The van der Waals surface area contributed by atoms with Crippen LogP contribution in [0, 0.1) is 0 Å². The molecule has 0 amide bonds. The molecule has 0 bridgehead atoms. The summed E-state index contributed by atoms with van der Waals surface area (Å²) in [6, 6.07) is 0.441. The Bertz CT molecular complexity index is 349. The summed E-state index contributed by atoms with van der Waals surface area (Å²) in [7, 11) is 3.20. The molecule has 0 aliphatic heterocycles. The maximum atomic E-state index is 12.2. The van der Waals surface area contributed by atoms with Crippen LogP contribution < -0.4 is 10.6 Å². The van der Waals surface area contributed by atoms with Gasteiger partial charge in [0.25, 0.3) is 0 Å². The molecule has 22 heavy (non-hydrogen) atoms. The van der Waals surface area contributed by atoms with Crippen molar-refractivity contribution in [3.8, 4) is 0 Å². The van der Waals surface area contributed by atoms with Gasteiger partial charge in [-0.1, -0.05) is 0 Å². The van der Waals surface area contributed by atoms with Gasteiger partial charge in [0.2, 0.25) is 0 Å². The zero-order valence-electron chi connectivity index (χ0n) is 13.5. The second-order valence-electron chi connectivity index (χ2n) is 5.72. The molecule has 4 nitrogen and oxygen atoms in total. The monoisotopic (exact) mass is 340 g/mol. The van der Waals surface area contributed by atoms with E-state index < -0.39 is 12.7 Å². The average Bonchev–Trinajstić information content (AvgIpc) is 2.88. The number of alkyl halides is 3. The van der Waals surface area contributed by atoms with Crippen LogP contribution in [0.4, 0.5) is 13.2 Å². The fourth-order valence-corrected chi connectivity index (χ4v) is 3.41. The number of thioether (sulfide) groups is 1. The minimum atomic E-state index is -4.13. The summed E-state index contributed by atoms with van der Waals surface area (Å²) in [6.07, 6.45) is 2.15. The molecule has 8 heteroatoms. The zero-order valence-corrected chi connectivity index (χ0v) is 14.4. The molecule has 0 saturated heterocycles. The van der Waals surface area contributed by atoms with Crippen LogP contribution in [0.2, 0.25) is 0 Å². The van der Waals surface area contributed by atoms with Crippen molar-refractivity contribution in [3.05, 3.63) is 0 Å². The van der Waals surface area contributed by atoms with Crippen molar-refractivity contribution in [2.75, 3.05) is 40.0 Å². The van der Waals surface area contributed by atoms with Crippen LogP contribution in [-0.4, -0.2) is 68.3 Å². The minimum absolute atomic E-state index is 0.404. The highest BCUT2D eigenvalue weighted by Crippen LogP contribution is 2.27. The Morgan fingerprint density at radius 2 is 2.09 bits per heavy atom. The van der Waals surface area contributed by atoms with E-state index in [0.29, 0.717) is 30.8 Å². The third-order valence-electron chi connectivity index (χ3n) is 3.74. The maximum absolute atomic E-state index is 12.2. The first-order valence-corrected chi connectivity index (χ1v) is 8.88. The van der Waals surface area contributed by atoms with E-state index in [9.17, 15) is 13.2 Å². The third kappa shape index (κ3) is 8.12. The van der Waals surface area contributed by atoms with E-state index in [0.717, 1.165) is 18.8 Å². The van der Waals surface area contributed by atoms with Crippen LogP contribution in [0.25, 0.3) is 0 Å². The van der Waals surface area contributed by atoms with E-state index in [1.807, 2.05) is 11.8 Å². The standard InChI is InChI=1S/C14H27F3N4S/c1-18-13(20-11-5-6-12(9-11)22-3)19-7-4-8-21(2)10-14(15,16)17/h11-12H,4-10H2,1-3H3,(H2,18,19,20). The highest BCUT2D eigenvalue weighted by Gasteiger charge is 2.28. The van der Waals surface area contributed by atoms with Gasteiger partial charge in [-0.3, -0.25) is 9.89 Å². The fraction of sp³-hybridized carbons (Fsp3) is 0.929. The molecule has 0 heterocycles. The predicted molar refractivity (Wildman–Crippen MR) is 87.6 cm³/mol. The van der Waals surface area contributed by atoms with Crippen molar-refractivity contribution in [1.82, 2.24) is 15.5 Å². The Morgan fingerprint density at radius 3 is 2.64 bits per heavy atom. The number of hydrogen-bond donors (Lipinski definition) is 2. The highest BCUT2D eigenvalue weighted by atomic mass is 32.2. The van der Waals surface area contributed by atoms with Gasteiger partial charge in [-0.15, -0.1) is 0 Å². The summed E-state index contributed by atoms with van der Waals surface area (Å²) < 4.78 is 36.6. The molecule has 0 aromatic carbocycles. The molecule has 0 aromatic heterocycles. The molecule has 0 aromatic rings. The van der Waals surface area contributed by atoms with Crippen molar-refractivity contribution < 1.29 is 13.2 Å². The van der Waals surface area contributed by atoms with Gasteiger partial charge in [-0.05, 0) is 45.5 Å². The molecule has 1 saturated carbocycles. The lowest BCUT2D eigenvalue weighted by molar-refractivity contribution is -0.143. The van der Waals surface area contributed by atoms with Gasteiger partial charge in [-0.2, -0.15) is 24.9 Å². The largest absolute Gasteiger partial charge is 0.401 e. The summed E-state index contributed by atoms with van der Waals surface area (Å²) in [5.74, 6) is 0.741. The normalized spacial score (nSPS) is 23.1. The average molecular weight is 340 g/mol. The van der Waals surface area contributed by atoms with E-state index >= 15 is 0 Å². The Kier molecular flexibility index (Phi) is 8.38. The minimum Gasteiger partial charge on any atom is -0.356 e. The second kappa shape index (κ2) is 9.50. The number of halogens is 3. The first-order chi connectivity index (χ1) is 10.3. The Labute approximate surface area is 135 Å². The fourth-order valence-electron chi connectivity index (χ4n) is 2.61. The molecule has 2 unspecified atom stereocenters. The van der Waals surface area contributed by atoms with Crippen LogP contribution in [-0.2, 0) is 0 Å². The second-order valence-corrected chi connectivity index (χ2v) is 6.86. The first-order valence-electron chi connectivity index (χ1n) is 7.59. The van der Waals surface area contributed by atoms with Crippen molar-refractivity contribution in [1.29, 1.82) is 0 Å². The Hall–Kier alpha value is -0.630. The van der Waals surface area contributed by atoms with Crippen molar-refractivity contribution in [2.24, 2.45) is 4.99 Å². The summed E-state index contributed by atoms with van der Waals surface area (Å²) in [5, 5.41) is 7.27. The van der Waals surface area contributed by atoms with Crippen LogP contribution in [0.1, 0.15) is 25.7 Å². The van der Waals surface area contributed by atoms with Crippen molar-refractivity contribution in [3.63, 3.8) is 0 Å². The van der Waals surface area contributed by atoms with E-state index in [1.54, 1.807) is 7.05 Å². The number of guanidine groups is 1. The number of hydrogen-bond acceptors (Lipinski definition) is 3. The van der Waals surface area contributed by atoms with Gasteiger partial charge in [0.1, 0.15) is 0 Å². The number of nitrogens with zero attached hydrogens (tertiary/aromatic N) is 2. The molecule has 0 spiro atoms. The SMILES string of the molecule is CN=C(NCCCN(C)CC(F)(F)F)NC1CCC(SC)C1. The molecule has 2 atom stereocenters. The Morgan fingerprint density at radius 1 is 1.36 bits per heavy atom. The summed E-state index contributed by atoms with van der Waals surface area (Å²) in [5.41, 5.74) is 0. The number of nitrogens with one attached hydrogen (secondary N) is 2. The predicted octanol–water partition coefficient (Wildman–Crippen LogP) is 2.32. The molecule has 2 N–H and O–H groups in total. The molecule has 0 radical (unpaired) electrons. The summed E-state index contributed by atoms with van der Waals surface area (Å²) >= 11 is 1.90. The lowest BCUT2D eigenvalue weighted by Gasteiger charge is -2.20. The van der Waals surface area contributed by atoms with E-state index in [1.165, 1.54) is 18.4 Å². The van der Waals surface area contributed by atoms with Gasteiger partial charge < -0.3 is 10.6 Å². The van der Waals surface area contributed by atoms with Gasteiger partial charge in [0.05, 0.1) is 6.54 Å². The topological polar surface area (TPSA) is 39.7 Å². The third-order valence-corrected chi connectivity index (χ3v) is 4.84. The number of rotatable bonds is 7. The molecule has 1 rings (SSSR count). The van der Waals surface area contributed by atoms with E-state index in [4.69, 9.17) is 0 Å². The van der Waals surface area contributed by atoms with Crippen LogP contribution in [0.5, 0.6) is 0 Å². The molecular formula is C14H27F3N4S. The lowest BCUT2D eigenvalue weighted by Crippen LogP contribution is -2.43. The highest BCUT2D eigenvalue weighted by molar-refractivity contribution is 7.99. The van der Waals surface area contributed by atoms with Crippen LogP contribution in [0.15, 0.2) is 4.99 Å². The molecule has 1 fully saturated rings. The smallest absolute Gasteiger partial charge is 0.356 e. The maximum Gasteiger partial charge on any atom is 0.401 e. The van der Waals surface area contributed by atoms with Gasteiger partial charge in [0, 0.05) is 24.9 Å². The van der Waals surface area contributed by atoms with E-state index in [-0.39, 0.29) is 0 Å². The molecule has 1 aliphatic rings. The van der Waals surface area contributed by atoms with Gasteiger partial charge >= 0.3 is 6.18 Å². The molecular weight excluding hydrogens is 313 g/mol. The first kappa shape index (κ1) is 19.4. The van der Waals surface area contributed by atoms with Crippen molar-refractivity contribution >= 4 is 17.7 Å². The van der Waals surface area contributed by atoms with Crippen LogP contribution in [0.3, 0.4) is 0 Å². The lowest BCUT2D eigenvalue weighted by atomic mass is 10.2.